The van der Waals surface area contributed by atoms with E-state index in [-0.39, 0.29) is 0 Å². The number of hydrogen-bond donors (Lipinski definition) is 0. The van der Waals surface area contributed by atoms with E-state index in [0.29, 0.717) is 12.1 Å². The largest absolute Gasteiger partial charge is 0.289 e. The lowest BCUT2D eigenvalue weighted by molar-refractivity contribution is 0.166. The first kappa shape index (κ1) is 11.6. The average Bonchev–Trinajstić information content (AvgIpc) is 2.99. The number of hydrogen-bond acceptors (Lipinski definition) is 4. The smallest absolute Gasteiger partial charge is 0.125 e. The zero-order valence-electron chi connectivity index (χ0n) is 11.0. The van der Waals surface area contributed by atoms with Crippen molar-refractivity contribution in [3.8, 4) is 0 Å². The second-order valence-electron chi connectivity index (χ2n) is 5.57. The summed E-state index contributed by atoms with van der Waals surface area (Å²) in [6.45, 7) is 3.06. The molecule has 98 valence electrons. The molecule has 4 heteroatoms. The van der Waals surface area contributed by atoms with E-state index in [0.717, 1.165) is 18.8 Å². The summed E-state index contributed by atoms with van der Waals surface area (Å²) < 4.78 is 0. The molecule has 0 aromatic carbocycles. The van der Waals surface area contributed by atoms with Gasteiger partial charge in [-0.1, -0.05) is 0 Å². The van der Waals surface area contributed by atoms with Gasteiger partial charge in [0, 0.05) is 36.8 Å². The van der Waals surface area contributed by atoms with E-state index in [1.807, 2.05) is 6.92 Å². The minimum absolute atomic E-state index is 0.536. The van der Waals surface area contributed by atoms with Gasteiger partial charge < -0.3 is 0 Å². The van der Waals surface area contributed by atoms with Crippen molar-refractivity contribution in [1.29, 1.82) is 0 Å². The molecule has 0 amide bonds. The molecule has 4 rings (SSSR count). The quantitative estimate of drug-likeness (QED) is 0.840. The lowest BCUT2D eigenvalue weighted by Crippen LogP contribution is -2.37. The van der Waals surface area contributed by atoms with Crippen LogP contribution in [0.5, 0.6) is 0 Å². The molecule has 0 N–H and O–H groups in total. The fraction of sp³-hybridized carbons (Fsp3) is 0.467. The number of fused-ring (bicyclic) bond motifs is 4. The molecule has 1 fully saturated rings. The normalized spacial score (nSPS) is 25.5. The van der Waals surface area contributed by atoms with Crippen molar-refractivity contribution >= 4 is 11.3 Å². The number of aromatic nitrogens is 2. The third-order valence-electron chi connectivity index (χ3n) is 4.40. The molecule has 2 atom stereocenters. The maximum Gasteiger partial charge on any atom is 0.125 e. The molecule has 1 saturated heterocycles. The Kier molecular flexibility index (Phi) is 2.67. The van der Waals surface area contributed by atoms with E-state index in [2.05, 4.69) is 37.9 Å². The van der Waals surface area contributed by atoms with Crippen LogP contribution in [0.1, 0.15) is 41.5 Å². The molecule has 2 aliphatic heterocycles. The fourth-order valence-corrected chi connectivity index (χ4v) is 4.17. The van der Waals surface area contributed by atoms with Gasteiger partial charge in [-0.2, -0.15) is 11.3 Å². The number of aryl methyl sites for hydroxylation is 1. The van der Waals surface area contributed by atoms with Gasteiger partial charge in [-0.15, -0.1) is 0 Å². The number of nitrogens with zero attached hydrogens (tertiary/aromatic N) is 3. The van der Waals surface area contributed by atoms with Crippen molar-refractivity contribution in [3.63, 3.8) is 0 Å². The molecule has 0 saturated carbocycles. The predicted octanol–water partition coefficient (Wildman–Crippen LogP) is 3.11. The van der Waals surface area contributed by atoms with E-state index in [9.17, 15) is 0 Å². The van der Waals surface area contributed by atoms with Crippen molar-refractivity contribution in [2.24, 2.45) is 0 Å². The van der Waals surface area contributed by atoms with Crippen LogP contribution in [-0.4, -0.2) is 20.9 Å². The summed E-state index contributed by atoms with van der Waals surface area (Å²) in [6, 6.07) is 3.45. The van der Waals surface area contributed by atoms with Gasteiger partial charge in [-0.05, 0) is 42.2 Å². The van der Waals surface area contributed by atoms with Crippen molar-refractivity contribution < 1.29 is 0 Å². The van der Waals surface area contributed by atoms with Crippen LogP contribution in [-0.2, 0) is 13.0 Å². The second-order valence-corrected chi connectivity index (χ2v) is 6.35. The summed E-state index contributed by atoms with van der Waals surface area (Å²) in [5, 5.41) is 4.43. The van der Waals surface area contributed by atoms with E-state index in [1.165, 1.54) is 29.7 Å². The van der Waals surface area contributed by atoms with Gasteiger partial charge in [-0.3, -0.25) is 4.90 Å². The first-order valence-corrected chi connectivity index (χ1v) is 7.85. The predicted molar refractivity (Wildman–Crippen MR) is 76.1 cm³/mol. The maximum absolute atomic E-state index is 4.65. The molecule has 2 aromatic rings. The standard InChI is InChI=1S/C15H17N3S/c1-10-16-7-13-14(17-10)6-12-2-3-15(13)18(12)8-11-4-5-19-9-11/h4-5,7,9,12,15H,2-3,6,8H2,1H3/t12-,15+/m0/s1. The topological polar surface area (TPSA) is 29.0 Å². The highest BCUT2D eigenvalue weighted by molar-refractivity contribution is 7.07. The summed E-state index contributed by atoms with van der Waals surface area (Å²) in [4.78, 5) is 11.7. The van der Waals surface area contributed by atoms with Crippen LogP contribution in [0.4, 0.5) is 0 Å². The highest BCUT2D eigenvalue weighted by atomic mass is 32.1. The fourth-order valence-electron chi connectivity index (χ4n) is 3.51. The highest BCUT2D eigenvalue weighted by Gasteiger charge is 2.40. The second kappa shape index (κ2) is 4.39. The van der Waals surface area contributed by atoms with Crippen LogP contribution in [0.3, 0.4) is 0 Å². The van der Waals surface area contributed by atoms with Crippen molar-refractivity contribution in [3.05, 3.63) is 45.7 Å². The van der Waals surface area contributed by atoms with E-state index >= 15 is 0 Å². The highest BCUT2D eigenvalue weighted by Crippen LogP contribution is 2.43. The van der Waals surface area contributed by atoms with Crippen molar-refractivity contribution in [1.82, 2.24) is 14.9 Å². The summed E-state index contributed by atoms with van der Waals surface area (Å²) >= 11 is 1.79. The molecular formula is C15H17N3S. The number of thiophene rings is 1. The Morgan fingerprint density at radius 3 is 3.21 bits per heavy atom. The van der Waals surface area contributed by atoms with Crippen LogP contribution in [0.2, 0.25) is 0 Å². The Morgan fingerprint density at radius 2 is 2.37 bits per heavy atom. The lowest BCUT2D eigenvalue weighted by atomic mass is 9.99. The lowest BCUT2D eigenvalue weighted by Gasteiger charge is -2.35. The molecule has 3 nitrogen and oxygen atoms in total. The Labute approximate surface area is 117 Å². The zero-order valence-corrected chi connectivity index (χ0v) is 11.9. The summed E-state index contributed by atoms with van der Waals surface area (Å²) in [7, 11) is 0. The minimum Gasteiger partial charge on any atom is -0.289 e. The SMILES string of the molecule is Cc1ncc2c(n1)C[C@@H]1CC[C@H]2N1Cc1ccsc1. The van der Waals surface area contributed by atoms with E-state index in [1.54, 1.807) is 11.3 Å². The molecule has 0 spiro atoms. The van der Waals surface area contributed by atoms with Gasteiger partial charge in [-0.25, -0.2) is 9.97 Å². The molecule has 0 radical (unpaired) electrons. The molecular weight excluding hydrogens is 254 g/mol. The van der Waals surface area contributed by atoms with Crippen molar-refractivity contribution in [2.75, 3.05) is 0 Å². The minimum atomic E-state index is 0.536. The first-order valence-electron chi connectivity index (χ1n) is 6.90. The monoisotopic (exact) mass is 271 g/mol. The van der Waals surface area contributed by atoms with Gasteiger partial charge >= 0.3 is 0 Å². The third-order valence-corrected chi connectivity index (χ3v) is 5.13. The van der Waals surface area contributed by atoms with Crippen LogP contribution in [0, 0.1) is 6.92 Å². The van der Waals surface area contributed by atoms with Crippen LogP contribution < -0.4 is 0 Å². The number of rotatable bonds is 2. The van der Waals surface area contributed by atoms with Crippen LogP contribution >= 0.6 is 11.3 Å². The molecule has 0 unspecified atom stereocenters. The molecule has 4 heterocycles. The van der Waals surface area contributed by atoms with Crippen LogP contribution in [0.15, 0.2) is 23.0 Å². The van der Waals surface area contributed by atoms with E-state index < -0.39 is 0 Å². The van der Waals surface area contributed by atoms with E-state index in [4.69, 9.17) is 0 Å². The molecule has 0 aliphatic carbocycles. The van der Waals surface area contributed by atoms with Gasteiger partial charge in [0.15, 0.2) is 0 Å². The van der Waals surface area contributed by atoms with Crippen molar-refractivity contribution in [2.45, 2.75) is 44.8 Å². The molecule has 2 aromatic heterocycles. The third kappa shape index (κ3) is 1.90. The molecule has 19 heavy (non-hydrogen) atoms. The maximum atomic E-state index is 4.65. The van der Waals surface area contributed by atoms with Gasteiger partial charge in [0.1, 0.15) is 5.82 Å². The first-order chi connectivity index (χ1) is 9.31. The summed E-state index contributed by atoms with van der Waals surface area (Å²) in [5.41, 5.74) is 4.11. The molecule has 2 bridgehead atoms. The van der Waals surface area contributed by atoms with Crippen LogP contribution in [0.25, 0.3) is 0 Å². The zero-order chi connectivity index (χ0) is 12.8. The average molecular weight is 271 g/mol. The Morgan fingerprint density at radius 1 is 1.42 bits per heavy atom. The van der Waals surface area contributed by atoms with Gasteiger partial charge in [0.2, 0.25) is 0 Å². The van der Waals surface area contributed by atoms with Gasteiger partial charge in [0.05, 0.1) is 5.69 Å². The summed E-state index contributed by atoms with van der Waals surface area (Å²) in [5.74, 6) is 0.907. The summed E-state index contributed by atoms with van der Waals surface area (Å²) in [6.07, 6.45) is 5.71. The van der Waals surface area contributed by atoms with Gasteiger partial charge in [0.25, 0.3) is 0 Å². The Bertz CT molecular complexity index is 593. The Balaban J connectivity index is 1.68. The Hall–Kier alpha value is -1.26. The molecule has 2 aliphatic rings.